The fraction of sp³-hybridized carbons (Fsp3) is 0.158. The molecular formula is C19H17N5O3. The van der Waals surface area contributed by atoms with Crippen molar-refractivity contribution in [3.63, 3.8) is 0 Å². The summed E-state index contributed by atoms with van der Waals surface area (Å²) in [4.78, 5) is 35.6. The average molecular weight is 363 g/mol. The Hall–Kier alpha value is -3.68. The number of anilines is 1. The van der Waals surface area contributed by atoms with Gasteiger partial charge in [-0.1, -0.05) is 6.07 Å². The summed E-state index contributed by atoms with van der Waals surface area (Å²) < 4.78 is 7.07. The molecule has 2 aromatic heterocycles. The van der Waals surface area contributed by atoms with Crippen molar-refractivity contribution < 1.29 is 14.3 Å². The van der Waals surface area contributed by atoms with E-state index in [-0.39, 0.29) is 18.5 Å². The van der Waals surface area contributed by atoms with Gasteiger partial charge in [-0.2, -0.15) is 0 Å². The van der Waals surface area contributed by atoms with Crippen LogP contribution in [0.15, 0.2) is 55.0 Å². The summed E-state index contributed by atoms with van der Waals surface area (Å²) in [5.41, 5.74) is 2.15. The number of ether oxygens (including phenoxy) is 1. The number of likely N-dealkylation sites (N-methyl/N-ethyl adjacent to an activating group) is 1. The number of urea groups is 1. The van der Waals surface area contributed by atoms with Gasteiger partial charge in [0.05, 0.1) is 12.8 Å². The zero-order valence-corrected chi connectivity index (χ0v) is 14.9. The van der Waals surface area contributed by atoms with Crippen LogP contribution in [0.4, 0.5) is 10.5 Å². The summed E-state index contributed by atoms with van der Waals surface area (Å²) in [5.74, 6) is 0.945. The Morgan fingerprint density at radius 1 is 1.04 bits per heavy atom. The van der Waals surface area contributed by atoms with Crippen molar-refractivity contribution in [2.45, 2.75) is 0 Å². The molecule has 3 aromatic rings. The molecule has 1 aromatic carbocycles. The third-order valence-electron chi connectivity index (χ3n) is 4.35. The van der Waals surface area contributed by atoms with Crippen LogP contribution in [-0.4, -0.2) is 52.1 Å². The van der Waals surface area contributed by atoms with Crippen molar-refractivity contribution >= 4 is 17.6 Å². The zero-order valence-electron chi connectivity index (χ0n) is 14.9. The van der Waals surface area contributed by atoms with E-state index >= 15 is 0 Å². The van der Waals surface area contributed by atoms with E-state index in [1.807, 2.05) is 22.9 Å². The van der Waals surface area contributed by atoms with Gasteiger partial charge < -0.3 is 9.64 Å². The lowest BCUT2D eigenvalue weighted by atomic mass is 10.2. The third-order valence-corrected chi connectivity index (χ3v) is 4.35. The Bertz CT molecular complexity index is 1030. The fourth-order valence-electron chi connectivity index (χ4n) is 3.04. The smallest absolute Gasteiger partial charge is 0.331 e. The molecule has 1 aliphatic rings. The van der Waals surface area contributed by atoms with E-state index in [1.165, 1.54) is 9.80 Å². The highest BCUT2D eigenvalue weighted by Crippen LogP contribution is 2.27. The number of nitrogens with zero attached hydrogens (tertiary/aromatic N) is 5. The number of rotatable bonds is 4. The third kappa shape index (κ3) is 2.91. The Morgan fingerprint density at radius 3 is 2.59 bits per heavy atom. The highest BCUT2D eigenvalue weighted by Gasteiger charge is 2.34. The van der Waals surface area contributed by atoms with Crippen molar-refractivity contribution in [1.82, 2.24) is 19.4 Å². The lowest BCUT2D eigenvalue weighted by Gasteiger charge is -2.16. The predicted octanol–water partition coefficient (Wildman–Crippen LogP) is 2.34. The number of hydrogen-bond donors (Lipinski definition) is 0. The van der Waals surface area contributed by atoms with Crippen LogP contribution in [0.3, 0.4) is 0 Å². The summed E-state index contributed by atoms with van der Waals surface area (Å²) in [6, 6.07) is 10.5. The van der Waals surface area contributed by atoms with Crippen molar-refractivity contribution in [2.75, 3.05) is 25.6 Å². The Labute approximate surface area is 155 Å². The molecule has 8 nitrogen and oxygen atoms in total. The van der Waals surface area contributed by atoms with E-state index < -0.39 is 0 Å². The minimum atomic E-state index is -0.332. The first-order chi connectivity index (χ1) is 13.1. The van der Waals surface area contributed by atoms with Gasteiger partial charge in [0, 0.05) is 43.0 Å². The number of aromatic nitrogens is 3. The van der Waals surface area contributed by atoms with Gasteiger partial charge in [0.1, 0.15) is 12.4 Å². The van der Waals surface area contributed by atoms with E-state index in [0.717, 1.165) is 11.3 Å². The second-order valence-electron chi connectivity index (χ2n) is 6.10. The van der Waals surface area contributed by atoms with Gasteiger partial charge in [-0.15, -0.1) is 0 Å². The SMILES string of the molecule is COc1cc(-c2nccn2-c2cccc(N3C(=O)CN(C)C3=O)c2)ccn1. The second-order valence-corrected chi connectivity index (χ2v) is 6.10. The molecule has 0 saturated carbocycles. The lowest BCUT2D eigenvalue weighted by Crippen LogP contribution is -2.31. The van der Waals surface area contributed by atoms with Crippen LogP contribution in [-0.2, 0) is 4.79 Å². The standard InChI is InChI=1S/C19H17N5O3/c1-22-12-17(25)24(19(22)26)15-5-3-4-14(11-15)23-9-8-21-18(23)13-6-7-20-16(10-13)27-2/h3-11H,12H2,1-2H3. The highest BCUT2D eigenvalue weighted by atomic mass is 16.5. The molecule has 0 atom stereocenters. The second kappa shape index (κ2) is 6.56. The van der Waals surface area contributed by atoms with Gasteiger partial charge in [-0.05, 0) is 24.3 Å². The predicted molar refractivity (Wildman–Crippen MR) is 98.9 cm³/mol. The van der Waals surface area contributed by atoms with Gasteiger partial charge >= 0.3 is 6.03 Å². The maximum atomic E-state index is 12.3. The molecule has 27 heavy (non-hydrogen) atoms. The largest absolute Gasteiger partial charge is 0.481 e. The van der Waals surface area contributed by atoms with Gasteiger partial charge in [0.2, 0.25) is 5.88 Å². The molecule has 136 valence electrons. The number of amides is 3. The van der Waals surface area contributed by atoms with Crippen LogP contribution in [0.5, 0.6) is 5.88 Å². The molecule has 1 aliphatic heterocycles. The number of carbonyl (C=O) groups excluding carboxylic acids is 2. The minimum absolute atomic E-state index is 0.0796. The van der Waals surface area contributed by atoms with Crippen molar-refractivity contribution in [3.05, 3.63) is 55.0 Å². The monoisotopic (exact) mass is 363 g/mol. The maximum Gasteiger partial charge on any atom is 0.331 e. The quantitative estimate of drug-likeness (QED) is 0.665. The first-order valence-corrected chi connectivity index (χ1v) is 8.31. The number of pyridine rings is 1. The first-order valence-electron chi connectivity index (χ1n) is 8.31. The minimum Gasteiger partial charge on any atom is -0.481 e. The van der Waals surface area contributed by atoms with Crippen molar-refractivity contribution in [2.24, 2.45) is 0 Å². The van der Waals surface area contributed by atoms with Crippen LogP contribution in [0.1, 0.15) is 0 Å². The number of imidazole rings is 1. The highest BCUT2D eigenvalue weighted by molar-refractivity contribution is 6.19. The topological polar surface area (TPSA) is 80.6 Å². The molecule has 0 aliphatic carbocycles. The zero-order chi connectivity index (χ0) is 19.0. The molecule has 0 unspecified atom stereocenters. The maximum absolute atomic E-state index is 12.3. The molecule has 0 spiro atoms. The summed E-state index contributed by atoms with van der Waals surface area (Å²) in [6.45, 7) is 0.0796. The summed E-state index contributed by atoms with van der Waals surface area (Å²) >= 11 is 0. The van der Waals surface area contributed by atoms with E-state index in [0.29, 0.717) is 17.4 Å². The molecule has 1 fully saturated rings. The van der Waals surface area contributed by atoms with Crippen LogP contribution >= 0.6 is 0 Å². The van der Waals surface area contributed by atoms with Gasteiger partial charge in [-0.3, -0.25) is 9.36 Å². The van der Waals surface area contributed by atoms with E-state index in [9.17, 15) is 9.59 Å². The number of methoxy groups -OCH3 is 1. The first kappa shape index (κ1) is 16.8. The van der Waals surface area contributed by atoms with E-state index in [4.69, 9.17) is 4.74 Å². The van der Waals surface area contributed by atoms with Crippen molar-refractivity contribution in [1.29, 1.82) is 0 Å². The number of carbonyl (C=O) groups is 2. The van der Waals surface area contributed by atoms with Crippen molar-refractivity contribution in [3.8, 4) is 23.0 Å². The lowest BCUT2D eigenvalue weighted by molar-refractivity contribution is -0.116. The normalized spacial score (nSPS) is 14.1. The molecule has 1 saturated heterocycles. The molecule has 3 heterocycles. The molecule has 0 N–H and O–H groups in total. The van der Waals surface area contributed by atoms with Gasteiger partial charge in [-0.25, -0.2) is 19.7 Å². The number of hydrogen-bond acceptors (Lipinski definition) is 5. The van der Waals surface area contributed by atoms with Gasteiger partial charge in [0.25, 0.3) is 5.91 Å². The molecule has 8 heteroatoms. The van der Waals surface area contributed by atoms with Crippen LogP contribution in [0, 0.1) is 0 Å². The number of benzene rings is 1. The molecule has 4 rings (SSSR count). The van der Waals surface area contributed by atoms with E-state index in [2.05, 4.69) is 9.97 Å². The van der Waals surface area contributed by atoms with Crippen LogP contribution in [0.25, 0.3) is 17.1 Å². The average Bonchev–Trinajstić information content (AvgIpc) is 3.27. The Morgan fingerprint density at radius 2 is 1.85 bits per heavy atom. The summed E-state index contributed by atoms with van der Waals surface area (Å²) in [5, 5.41) is 0. The molecule has 3 amide bonds. The summed E-state index contributed by atoms with van der Waals surface area (Å²) in [7, 11) is 3.16. The van der Waals surface area contributed by atoms with Gasteiger partial charge in [0.15, 0.2) is 0 Å². The van der Waals surface area contributed by atoms with Crippen LogP contribution in [0.2, 0.25) is 0 Å². The number of imide groups is 1. The molecular weight excluding hydrogens is 346 g/mol. The molecule has 0 radical (unpaired) electrons. The Balaban J connectivity index is 1.75. The fourth-order valence-corrected chi connectivity index (χ4v) is 3.04. The molecule has 0 bridgehead atoms. The van der Waals surface area contributed by atoms with Crippen LogP contribution < -0.4 is 9.64 Å². The summed E-state index contributed by atoms with van der Waals surface area (Å²) in [6.07, 6.45) is 5.16. The van der Waals surface area contributed by atoms with E-state index in [1.54, 1.807) is 50.8 Å². The Kier molecular flexibility index (Phi) is 4.08.